The van der Waals surface area contributed by atoms with Gasteiger partial charge in [0.2, 0.25) is 5.91 Å². The molecule has 3 rings (SSSR count). The first-order chi connectivity index (χ1) is 15.8. The van der Waals surface area contributed by atoms with Crippen LogP contribution < -0.4 is 14.8 Å². The highest BCUT2D eigenvalue weighted by molar-refractivity contribution is 7.99. The second-order valence-electron chi connectivity index (χ2n) is 7.11. The monoisotopic (exact) mass is 490 g/mol. The van der Waals surface area contributed by atoms with Crippen LogP contribution in [0, 0.1) is 0 Å². The van der Waals surface area contributed by atoms with E-state index in [0.717, 1.165) is 5.56 Å². The normalized spacial score (nSPS) is 11.2. The first-order valence-electron chi connectivity index (χ1n) is 10.1. The van der Waals surface area contributed by atoms with Crippen molar-refractivity contribution in [2.75, 3.05) is 26.5 Å². The van der Waals surface area contributed by atoms with Crippen molar-refractivity contribution in [1.82, 2.24) is 20.1 Å². The van der Waals surface area contributed by atoms with E-state index >= 15 is 0 Å². The molecule has 0 aliphatic rings. The summed E-state index contributed by atoms with van der Waals surface area (Å²) in [5.41, 5.74) is 1.01. The molecular weight excluding hydrogens is 464 g/mol. The SMILES string of the molecule is COc1ccc(CCNC(=O)CSc2nnc(CS(=O)(=O)c3ccccc3)n2C)cc1OC. The molecule has 11 heteroatoms. The summed E-state index contributed by atoms with van der Waals surface area (Å²) in [6.07, 6.45) is 0.641. The maximum Gasteiger partial charge on any atom is 0.230 e. The Morgan fingerprint density at radius 2 is 1.79 bits per heavy atom. The molecule has 0 saturated heterocycles. The quantitative estimate of drug-likeness (QED) is 0.407. The van der Waals surface area contributed by atoms with Crippen molar-refractivity contribution in [3.8, 4) is 11.5 Å². The summed E-state index contributed by atoms with van der Waals surface area (Å²) in [5.74, 6) is 1.34. The third-order valence-corrected chi connectivity index (χ3v) is 7.51. The van der Waals surface area contributed by atoms with Gasteiger partial charge in [-0.25, -0.2) is 8.42 Å². The molecule has 0 atom stereocenters. The summed E-state index contributed by atoms with van der Waals surface area (Å²) in [5, 5.41) is 11.4. The van der Waals surface area contributed by atoms with Gasteiger partial charge < -0.3 is 19.4 Å². The molecule has 1 aromatic heterocycles. The number of methoxy groups -OCH3 is 2. The van der Waals surface area contributed by atoms with E-state index in [-0.39, 0.29) is 22.3 Å². The number of nitrogens with zero attached hydrogens (tertiary/aromatic N) is 3. The average Bonchev–Trinajstić information content (AvgIpc) is 3.16. The van der Waals surface area contributed by atoms with Crippen LogP contribution in [0.4, 0.5) is 0 Å². The molecule has 0 unspecified atom stereocenters. The van der Waals surface area contributed by atoms with Crippen LogP contribution in [0.25, 0.3) is 0 Å². The minimum absolute atomic E-state index is 0.142. The number of hydrogen-bond donors (Lipinski definition) is 1. The van der Waals surface area contributed by atoms with Crippen LogP contribution in [0.15, 0.2) is 58.6 Å². The smallest absolute Gasteiger partial charge is 0.230 e. The number of amides is 1. The molecule has 0 bridgehead atoms. The molecule has 0 saturated carbocycles. The van der Waals surface area contributed by atoms with E-state index < -0.39 is 9.84 Å². The summed E-state index contributed by atoms with van der Waals surface area (Å²) in [6.45, 7) is 0.467. The molecule has 0 aliphatic heterocycles. The number of aromatic nitrogens is 3. The summed E-state index contributed by atoms with van der Waals surface area (Å²) in [4.78, 5) is 12.5. The number of thioether (sulfide) groups is 1. The number of ether oxygens (including phenoxy) is 2. The van der Waals surface area contributed by atoms with E-state index in [4.69, 9.17) is 9.47 Å². The predicted octanol–water partition coefficient (Wildman–Crippen LogP) is 2.26. The lowest BCUT2D eigenvalue weighted by molar-refractivity contribution is -0.118. The van der Waals surface area contributed by atoms with Crippen LogP contribution >= 0.6 is 11.8 Å². The lowest BCUT2D eigenvalue weighted by Gasteiger charge is -2.10. The summed E-state index contributed by atoms with van der Waals surface area (Å²) in [7, 11) is 1.32. The average molecular weight is 491 g/mol. The molecule has 0 spiro atoms. The molecule has 1 N–H and O–H groups in total. The van der Waals surface area contributed by atoms with E-state index in [2.05, 4.69) is 15.5 Å². The van der Waals surface area contributed by atoms with Gasteiger partial charge in [-0.2, -0.15) is 0 Å². The molecule has 0 fully saturated rings. The maximum atomic E-state index is 12.6. The van der Waals surface area contributed by atoms with Gasteiger partial charge in [0.25, 0.3) is 0 Å². The fourth-order valence-corrected chi connectivity index (χ4v) is 5.13. The molecule has 0 radical (unpaired) electrons. The summed E-state index contributed by atoms with van der Waals surface area (Å²) < 4.78 is 37.3. The van der Waals surface area contributed by atoms with Gasteiger partial charge in [0, 0.05) is 13.6 Å². The minimum Gasteiger partial charge on any atom is -0.493 e. The van der Waals surface area contributed by atoms with E-state index in [0.29, 0.717) is 35.4 Å². The number of rotatable bonds is 11. The number of carbonyl (C=O) groups excluding carboxylic acids is 1. The molecule has 1 amide bonds. The van der Waals surface area contributed by atoms with Gasteiger partial charge in [-0.3, -0.25) is 4.79 Å². The van der Waals surface area contributed by atoms with Gasteiger partial charge in [-0.05, 0) is 36.2 Å². The largest absolute Gasteiger partial charge is 0.493 e. The van der Waals surface area contributed by atoms with Gasteiger partial charge in [0.15, 0.2) is 26.5 Å². The van der Waals surface area contributed by atoms with Gasteiger partial charge in [-0.1, -0.05) is 36.0 Å². The zero-order valence-corrected chi connectivity index (χ0v) is 20.3. The van der Waals surface area contributed by atoms with Crippen molar-refractivity contribution in [3.05, 3.63) is 59.9 Å². The van der Waals surface area contributed by atoms with Crippen molar-refractivity contribution in [2.45, 2.75) is 22.2 Å². The Morgan fingerprint density at radius 3 is 2.48 bits per heavy atom. The molecule has 0 aliphatic carbocycles. The van der Waals surface area contributed by atoms with Crippen molar-refractivity contribution in [3.63, 3.8) is 0 Å². The number of benzene rings is 2. The predicted molar refractivity (Wildman–Crippen MR) is 125 cm³/mol. The van der Waals surface area contributed by atoms with Crippen molar-refractivity contribution < 1.29 is 22.7 Å². The third-order valence-electron chi connectivity index (χ3n) is 4.86. The molecular formula is C22H26N4O5S2. The fraction of sp³-hybridized carbons (Fsp3) is 0.318. The van der Waals surface area contributed by atoms with Crippen molar-refractivity contribution >= 4 is 27.5 Å². The van der Waals surface area contributed by atoms with Gasteiger partial charge in [0.05, 0.1) is 24.9 Å². The van der Waals surface area contributed by atoms with Crippen LogP contribution in [0.5, 0.6) is 11.5 Å². The highest BCUT2D eigenvalue weighted by atomic mass is 32.2. The van der Waals surface area contributed by atoms with Gasteiger partial charge in [-0.15, -0.1) is 10.2 Å². The summed E-state index contributed by atoms with van der Waals surface area (Å²) in [6, 6.07) is 13.8. The second kappa shape index (κ2) is 11.2. The first kappa shape index (κ1) is 24.6. The Bertz CT molecular complexity index is 1200. The Kier molecular flexibility index (Phi) is 8.34. The lowest BCUT2D eigenvalue weighted by atomic mass is 10.1. The number of sulfone groups is 1. The zero-order valence-electron chi connectivity index (χ0n) is 18.6. The second-order valence-corrected chi connectivity index (χ2v) is 10.0. The molecule has 3 aromatic rings. The molecule has 33 heavy (non-hydrogen) atoms. The molecule has 176 valence electrons. The Balaban J connectivity index is 1.49. The number of nitrogens with one attached hydrogen (secondary N) is 1. The van der Waals surface area contributed by atoms with E-state index in [1.165, 1.54) is 11.8 Å². The van der Waals surface area contributed by atoms with Crippen molar-refractivity contribution in [1.29, 1.82) is 0 Å². The van der Waals surface area contributed by atoms with Crippen LogP contribution in [0.1, 0.15) is 11.4 Å². The summed E-state index contributed by atoms with van der Waals surface area (Å²) >= 11 is 1.20. The molecule has 9 nitrogen and oxygen atoms in total. The van der Waals surface area contributed by atoms with E-state index in [9.17, 15) is 13.2 Å². The third kappa shape index (κ3) is 6.48. The zero-order chi connectivity index (χ0) is 23.8. The standard InChI is InChI=1S/C22H26N4O5S2/c1-26-20(15-33(28,29)17-7-5-4-6-8-17)24-25-22(26)32-14-21(27)23-12-11-16-9-10-18(30-2)19(13-16)31-3/h4-10,13H,11-12,14-15H2,1-3H3,(H,23,27). The highest BCUT2D eigenvalue weighted by Gasteiger charge is 2.20. The molecule has 1 heterocycles. The first-order valence-corrected chi connectivity index (χ1v) is 12.7. The van der Waals surface area contributed by atoms with Crippen LogP contribution in [0.2, 0.25) is 0 Å². The Morgan fingerprint density at radius 1 is 1.06 bits per heavy atom. The topological polar surface area (TPSA) is 112 Å². The lowest BCUT2D eigenvalue weighted by Crippen LogP contribution is -2.27. The Labute approximate surface area is 197 Å². The number of hydrogen-bond acceptors (Lipinski definition) is 8. The van der Waals surface area contributed by atoms with Crippen molar-refractivity contribution in [2.24, 2.45) is 7.05 Å². The van der Waals surface area contributed by atoms with E-state index in [1.807, 2.05) is 18.2 Å². The maximum absolute atomic E-state index is 12.6. The molecule has 2 aromatic carbocycles. The number of carbonyl (C=O) groups is 1. The minimum atomic E-state index is -3.53. The highest BCUT2D eigenvalue weighted by Crippen LogP contribution is 2.27. The Hall–Kier alpha value is -3.05. The van der Waals surface area contributed by atoms with Crippen LogP contribution in [-0.2, 0) is 33.9 Å². The van der Waals surface area contributed by atoms with Crippen LogP contribution in [0.3, 0.4) is 0 Å². The van der Waals surface area contributed by atoms with Crippen LogP contribution in [-0.4, -0.2) is 55.6 Å². The van der Waals surface area contributed by atoms with E-state index in [1.54, 1.807) is 56.2 Å². The van der Waals surface area contributed by atoms with Gasteiger partial charge in [0.1, 0.15) is 11.6 Å². The van der Waals surface area contributed by atoms with Gasteiger partial charge >= 0.3 is 0 Å². The fourth-order valence-electron chi connectivity index (χ4n) is 3.04.